The smallest absolute Gasteiger partial charge is 0.141 e. The SMILES string of the molecule is ClCc1cnccc1Oc1ccccc1Br. The predicted molar refractivity (Wildman–Crippen MR) is 68.0 cm³/mol. The molecule has 0 N–H and O–H groups in total. The van der Waals surface area contributed by atoms with Crippen molar-refractivity contribution in [2.24, 2.45) is 0 Å². The highest BCUT2D eigenvalue weighted by atomic mass is 79.9. The third-order valence-corrected chi connectivity index (χ3v) is 3.00. The number of pyridine rings is 1. The number of para-hydroxylation sites is 1. The summed E-state index contributed by atoms with van der Waals surface area (Å²) in [5.41, 5.74) is 0.875. The molecule has 0 aliphatic heterocycles. The Morgan fingerprint density at radius 1 is 1.19 bits per heavy atom. The number of alkyl halides is 1. The van der Waals surface area contributed by atoms with Gasteiger partial charge in [-0.1, -0.05) is 12.1 Å². The highest BCUT2D eigenvalue weighted by molar-refractivity contribution is 9.10. The molecule has 2 nitrogen and oxygen atoms in total. The van der Waals surface area contributed by atoms with E-state index in [1.165, 1.54) is 0 Å². The van der Waals surface area contributed by atoms with Crippen LogP contribution in [0, 0.1) is 0 Å². The summed E-state index contributed by atoms with van der Waals surface area (Å²) in [6, 6.07) is 9.48. The molecule has 0 saturated carbocycles. The van der Waals surface area contributed by atoms with E-state index >= 15 is 0 Å². The van der Waals surface area contributed by atoms with Crippen molar-refractivity contribution in [1.82, 2.24) is 4.98 Å². The van der Waals surface area contributed by atoms with Gasteiger partial charge in [0.1, 0.15) is 11.5 Å². The maximum atomic E-state index is 5.81. The van der Waals surface area contributed by atoms with Crippen LogP contribution in [0.2, 0.25) is 0 Å². The molecular weight excluding hydrogens is 289 g/mol. The van der Waals surface area contributed by atoms with Crippen LogP contribution < -0.4 is 4.74 Å². The molecule has 0 unspecified atom stereocenters. The van der Waals surface area contributed by atoms with Gasteiger partial charge in [0.15, 0.2) is 0 Å². The lowest BCUT2D eigenvalue weighted by Crippen LogP contribution is -1.91. The van der Waals surface area contributed by atoms with Crippen molar-refractivity contribution >= 4 is 27.5 Å². The Kier molecular flexibility index (Phi) is 3.80. The topological polar surface area (TPSA) is 22.1 Å². The number of nitrogens with zero attached hydrogens (tertiary/aromatic N) is 1. The lowest BCUT2D eigenvalue weighted by Gasteiger charge is -2.09. The number of ether oxygens (including phenoxy) is 1. The number of aromatic nitrogens is 1. The van der Waals surface area contributed by atoms with Crippen molar-refractivity contribution in [1.29, 1.82) is 0 Å². The van der Waals surface area contributed by atoms with Gasteiger partial charge in [-0.2, -0.15) is 0 Å². The van der Waals surface area contributed by atoms with Crippen molar-refractivity contribution in [3.8, 4) is 11.5 Å². The van der Waals surface area contributed by atoms with Crippen molar-refractivity contribution in [3.63, 3.8) is 0 Å². The van der Waals surface area contributed by atoms with Crippen LogP contribution in [0.4, 0.5) is 0 Å². The summed E-state index contributed by atoms with van der Waals surface area (Å²) in [6.07, 6.45) is 3.39. The fourth-order valence-corrected chi connectivity index (χ4v) is 1.83. The number of rotatable bonds is 3. The van der Waals surface area contributed by atoms with Crippen molar-refractivity contribution in [2.75, 3.05) is 0 Å². The molecule has 16 heavy (non-hydrogen) atoms. The first-order chi connectivity index (χ1) is 7.81. The van der Waals surface area contributed by atoms with Crippen LogP contribution in [0.1, 0.15) is 5.56 Å². The Labute approximate surface area is 107 Å². The van der Waals surface area contributed by atoms with Crippen LogP contribution >= 0.6 is 27.5 Å². The summed E-state index contributed by atoms with van der Waals surface area (Å²) in [5.74, 6) is 1.88. The average molecular weight is 299 g/mol. The van der Waals surface area contributed by atoms with Crippen LogP contribution in [0.25, 0.3) is 0 Å². The van der Waals surface area contributed by atoms with Gasteiger partial charge in [-0.15, -0.1) is 11.6 Å². The minimum atomic E-state index is 0.383. The second-order valence-corrected chi connectivity index (χ2v) is 4.27. The van der Waals surface area contributed by atoms with Gasteiger partial charge < -0.3 is 4.74 Å². The number of benzene rings is 1. The Bertz CT molecular complexity index is 490. The summed E-state index contributed by atoms with van der Waals surface area (Å²) in [5, 5.41) is 0. The predicted octanol–water partition coefficient (Wildman–Crippen LogP) is 4.38. The summed E-state index contributed by atoms with van der Waals surface area (Å²) >= 11 is 9.23. The largest absolute Gasteiger partial charge is 0.456 e. The second-order valence-electron chi connectivity index (χ2n) is 3.15. The van der Waals surface area contributed by atoms with Gasteiger partial charge in [0.05, 0.1) is 10.4 Å². The molecule has 0 radical (unpaired) electrons. The molecule has 0 aliphatic rings. The van der Waals surface area contributed by atoms with E-state index in [1.54, 1.807) is 18.5 Å². The maximum absolute atomic E-state index is 5.81. The number of hydrogen-bond acceptors (Lipinski definition) is 2. The molecule has 1 aromatic carbocycles. The first kappa shape index (κ1) is 11.4. The molecule has 4 heteroatoms. The zero-order chi connectivity index (χ0) is 11.4. The zero-order valence-electron chi connectivity index (χ0n) is 8.36. The molecule has 0 aliphatic carbocycles. The minimum absolute atomic E-state index is 0.383. The second kappa shape index (κ2) is 5.32. The van der Waals surface area contributed by atoms with Gasteiger partial charge in [-0.25, -0.2) is 0 Å². The van der Waals surface area contributed by atoms with E-state index in [9.17, 15) is 0 Å². The fraction of sp³-hybridized carbons (Fsp3) is 0.0833. The van der Waals surface area contributed by atoms with E-state index in [4.69, 9.17) is 16.3 Å². The van der Waals surface area contributed by atoms with Gasteiger partial charge in [-0.3, -0.25) is 4.98 Å². The first-order valence-corrected chi connectivity index (χ1v) is 6.05. The molecular formula is C12H9BrClNO. The Morgan fingerprint density at radius 3 is 2.75 bits per heavy atom. The lowest BCUT2D eigenvalue weighted by atomic mass is 10.3. The third kappa shape index (κ3) is 2.54. The quantitative estimate of drug-likeness (QED) is 0.785. The van der Waals surface area contributed by atoms with Gasteiger partial charge in [-0.05, 0) is 34.1 Å². The molecule has 1 aromatic heterocycles. The number of halogens is 2. The summed E-state index contributed by atoms with van der Waals surface area (Å²) < 4.78 is 6.67. The molecule has 0 amide bonds. The van der Waals surface area contributed by atoms with Gasteiger partial charge in [0.25, 0.3) is 0 Å². The van der Waals surface area contributed by atoms with Crippen molar-refractivity contribution < 1.29 is 4.74 Å². The first-order valence-electron chi connectivity index (χ1n) is 4.72. The van der Waals surface area contributed by atoms with Crippen molar-refractivity contribution in [3.05, 3.63) is 52.8 Å². The third-order valence-electron chi connectivity index (χ3n) is 2.06. The standard InChI is InChI=1S/C12H9BrClNO/c13-10-3-1-2-4-12(10)16-11-5-6-15-8-9(11)7-14/h1-6,8H,7H2. The van der Waals surface area contributed by atoms with E-state index in [2.05, 4.69) is 20.9 Å². The highest BCUT2D eigenvalue weighted by Gasteiger charge is 2.05. The maximum Gasteiger partial charge on any atom is 0.141 e. The molecule has 0 fully saturated rings. The Hall–Kier alpha value is -1.06. The average Bonchev–Trinajstić information content (AvgIpc) is 2.33. The van der Waals surface area contributed by atoms with Crippen LogP contribution in [0.15, 0.2) is 47.2 Å². The van der Waals surface area contributed by atoms with Crippen LogP contribution in [-0.4, -0.2) is 4.98 Å². The summed E-state index contributed by atoms with van der Waals surface area (Å²) in [4.78, 5) is 4.00. The van der Waals surface area contributed by atoms with Gasteiger partial charge in [0, 0.05) is 18.0 Å². The van der Waals surface area contributed by atoms with E-state index < -0.39 is 0 Å². The van der Waals surface area contributed by atoms with E-state index in [-0.39, 0.29) is 0 Å². The molecule has 1 heterocycles. The molecule has 0 bridgehead atoms. The van der Waals surface area contributed by atoms with Crippen LogP contribution in [0.3, 0.4) is 0 Å². The molecule has 0 spiro atoms. The van der Waals surface area contributed by atoms with E-state index in [1.807, 2.05) is 24.3 Å². The van der Waals surface area contributed by atoms with Crippen LogP contribution in [-0.2, 0) is 5.88 Å². The monoisotopic (exact) mass is 297 g/mol. The fourth-order valence-electron chi connectivity index (χ4n) is 1.26. The zero-order valence-corrected chi connectivity index (χ0v) is 10.7. The van der Waals surface area contributed by atoms with E-state index in [0.29, 0.717) is 5.88 Å². The lowest BCUT2D eigenvalue weighted by molar-refractivity contribution is 0.474. The molecule has 2 aromatic rings. The molecule has 82 valence electrons. The summed E-state index contributed by atoms with van der Waals surface area (Å²) in [6.45, 7) is 0. The minimum Gasteiger partial charge on any atom is -0.456 e. The molecule has 2 rings (SSSR count). The van der Waals surface area contributed by atoms with Gasteiger partial charge in [0.2, 0.25) is 0 Å². The molecule has 0 saturated heterocycles. The Morgan fingerprint density at radius 2 is 2.00 bits per heavy atom. The van der Waals surface area contributed by atoms with Crippen LogP contribution in [0.5, 0.6) is 11.5 Å². The van der Waals surface area contributed by atoms with E-state index in [0.717, 1.165) is 21.5 Å². The van der Waals surface area contributed by atoms with Crippen molar-refractivity contribution in [2.45, 2.75) is 5.88 Å². The summed E-state index contributed by atoms with van der Waals surface area (Å²) in [7, 11) is 0. The molecule has 0 atom stereocenters. The Balaban J connectivity index is 2.30. The highest BCUT2D eigenvalue weighted by Crippen LogP contribution is 2.31. The normalized spacial score (nSPS) is 10.1. The van der Waals surface area contributed by atoms with Gasteiger partial charge >= 0.3 is 0 Å². The number of hydrogen-bond donors (Lipinski definition) is 0.